The Balaban J connectivity index is 2.06. The first kappa shape index (κ1) is 20.7. The Morgan fingerprint density at radius 1 is 0.966 bits per heavy atom. The summed E-state index contributed by atoms with van der Waals surface area (Å²) in [5.74, 6) is 0.751. The second kappa shape index (κ2) is 8.55. The molecule has 0 unspecified atom stereocenters. The smallest absolute Gasteiger partial charge is 0.307 e. The molecule has 0 spiro atoms. The van der Waals surface area contributed by atoms with E-state index in [0.29, 0.717) is 30.0 Å². The minimum Gasteiger partial charge on any atom is -0.493 e. The van der Waals surface area contributed by atoms with E-state index in [1.54, 1.807) is 19.1 Å². The molecule has 2 aromatic carbocycles. The summed E-state index contributed by atoms with van der Waals surface area (Å²) >= 11 is 0. The SMILES string of the molecule is COC(=O)C[C@H]1c2cc(OC)c(OC)cc2CCN1C(=O)c1cc(C)cc(C)c1. The van der Waals surface area contributed by atoms with E-state index in [-0.39, 0.29) is 18.3 Å². The molecule has 1 heterocycles. The summed E-state index contributed by atoms with van der Waals surface area (Å²) in [7, 11) is 4.52. The molecule has 2 aromatic rings. The second-order valence-electron chi connectivity index (χ2n) is 7.33. The normalized spacial score (nSPS) is 15.5. The van der Waals surface area contributed by atoms with Crippen molar-refractivity contribution in [3.05, 3.63) is 58.1 Å². The average molecular weight is 397 g/mol. The van der Waals surface area contributed by atoms with E-state index in [1.807, 2.05) is 44.2 Å². The van der Waals surface area contributed by atoms with Gasteiger partial charge in [-0.05, 0) is 55.7 Å². The minimum atomic E-state index is -0.431. The molecule has 29 heavy (non-hydrogen) atoms. The van der Waals surface area contributed by atoms with Crippen LogP contribution in [-0.4, -0.2) is 44.7 Å². The van der Waals surface area contributed by atoms with Crippen molar-refractivity contribution < 1.29 is 23.8 Å². The molecule has 154 valence electrons. The maximum absolute atomic E-state index is 13.4. The molecular weight excluding hydrogens is 370 g/mol. The highest BCUT2D eigenvalue weighted by Crippen LogP contribution is 2.40. The van der Waals surface area contributed by atoms with Gasteiger partial charge >= 0.3 is 5.97 Å². The van der Waals surface area contributed by atoms with Crippen LogP contribution in [-0.2, 0) is 16.0 Å². The fourth-order valence-corrected chi connectivity index (χ4v) is 4.00. The van der Waals surface area contributed by atoms with Crippen LogP contribution in [0.4, 0.5) is 0 Å². The summed E-state index contributed by atoms with van der Waals surface area (Å²) < 4.78 is 15.8. The van der Waals surface area contributed by atoms with Crippen molar-refractivity contribution in [3.8, 4) is 11.5 Å². The van der Waals surface area contributed by atoms with Crippen LogP contribution in [0.2, 0.25) is 0 Å². The lowest BCUT2D eigenvalue weighted by atomic mass is 9.89. The van der Waals surface area contributed by atoms with Crippen LogP contribution in [0, 0.1) is 13.8 Å². The van der Waals surface area contributed by atoms with Crippen LogP contribution in [0.5, 0.6) is 11.5 Å². The molecule has 1 aliphatic rings. The molecule has 3 rings (SSSR count). The monoisotopic (exact) mass is 397 g/mol. The third-order valence-electron chi connectivity index (χ3n) is 5.32. The number of hydrogen-bond acceptors (Lipinski definition) is 5. The van der Waals surface area contributed by atoms with Crippen molar-refractivity contribution in [1.82, 2.24) is 4.90 Å². The fourth-order valence-electron chi connectivity index (χ4n) is 4.00. The highest BCUT2D eigenvalue weighted by molar-refractivity contribution is 5.95. The number of carbonyl (C=O) groups is 2. The van der Waals surface area contributed by atoms with Crippen molar-refractivity contribution in [1.29, 1.82) is 0 Å². The van der Waals surface area contributed by atoms with E-state index in [9.17, 15) is 9.59 Å². The summed E-state index contributed by atoms with van der Waals surface area (Å²) in [4.78, 5) is 27.3. The molecule has 1 atom stereocenters. The maximum Gasteiger partial charge on any atom is 0.307 e. The average Bonchev–Trinajstić information content (AvgIpc) is 2.71. The molecule has 0 aromatic heterocycles. The topological polar surface area (TPSA) is 65.1 Å². The van der Waals surface area contributed by atoms with E-state index in [1.165, 1.54) is 7.11 Å². The summed E-state index contributed by atoms with van der Waals surface area (Å²) in [5, 5.41) is 0. The van der Waals surface area contributed by atoms with Gasteiger partial charge in [-0.25, -0.2) is 0 Å². The van der Waals surface area contributed by atoms with E-state index in [2.05, 4.69) is 0 Å². The van der Waals surface area contributed by atoms with E-state index in [4.69, 9.17) is 14.2 Å². The molecule has 0 saturated carbocycles. The Kier molecular flexibility index (Phi) is 6.11. The van der Waals surface area contributed by atoms with Gasteiger partial charge in [0.05, 0.1) is 33.8 Å². The maximum atomic E-state index is 13.4. The van der Waals surface area contributed by atoms with Crippen LogP contribution < -0.4 is 9.47 Å². The predicted molar refractivity (Wildman–Crippen MR) is 110 cm³/mol. The molecule has 0 bridgehead atoms. The van der Waals surface area contributed by atoms with Crippen molar-refractivity contribution in [2.45, 2.75) is 32.7 Å². The van der Waals surface area contributed by atoms with Gasteiger partial charge in [-0.3, -0.25) is 9.59 Å². The van der Waals surface area contributed by atoms with E-state index < -0.39 is 6.04 Å². The predicted octanol–water partition coefficient (Wildman–Crippen LogP) is 3.62. The van der Waals surface area contributed by atoms with E-state index >= 15 is 0 Å². The summed E-state index contributed by atoms with van der Waals surface area (Å²) in [6, 6.07) is 9.16. The number of ether oxygens (including phenoxy) is 3. The van der Waals surface area contributed by atoms with Gasteiger partial charge in [0.1, 0.15) is 0 Å². The Hall–Kier alpha value is -3.02. The van der Waals surface area contributed by atoms with Gasteiger partial charge in [0.15, 0.2) is 11.5 Å². The number of fused-ring (bicyclic) bond motifs is 1. The summed E-state index contributed by atoms with van der Waals surface area (Å²) in [6.07, 6.45) is 0.749. The number of esters is 1. The molecule has 0 aliphatic carbocycles. The Labute approximate surface area is 171 Å². The molecule has 0 radical (unpaired) electrons. The number of amides is 1. The summed E-state index contributed by atoms with van der Waals surface area (Å²) in [5.41, 5.74) is 4.61. The standard InChI is InChI=1S/C23H27NO5/c1-14-8-15(2)10-17(9-14)23(26)24-7-6-16-11-20(27-3)21(28-4)12-18(16)19(24)13-22(25)29-5/h8-12,19H,6-7,13H2,1-5H3/t19-/m0/s1. The third-order valence-corrected chi connectivity index (χ3v) is 5.32. The Morgan fingerprint density at radius 3 is 2.17 bits per heavy atom. The van der Waals surface area contributed by atoms with Crippen molar-refractivity contribution in [2.75, 3.05) is 27.9 Å². The first-order valence-electron chi connectivity index (χ1n) is 9.58. The van der Waals surface area contributed by atoms with Crippen LogP contribution >= 0.6 is 0 Å². The largest absolute Gasteiger partial charge is 0.493 e. The number of rotatable bonds is 5. The molecule has 6 nitrogen and oxygen atoms in total. The first-order valence-corrected chi connectivity index (χ1v) is 9.58. The van der Waals surface area contributed by atoms with Gasteiger partial charge in [0, 0.05) is 12.1 Å². The molecule has 0 saturated heterocycles. The van der Waals surface area contributed by atoms with Crippen LogP contribution in [0.25, 0.3) is 0 Å². The van der Waals surface area contributed by atoms with Gasteiger partial charge in [0.2, 0.25) is 0 Å². The van der Waals surface area contributed by atoms with Gasteiger partial charge in [0.25, 0.3) is 5.91 Å². The number of benzene rings is 2. The molecule has 6 heteroatoms. The van der Waals surface area contributed by atoms with Gasteiger partial charge in [-0.2, -0.15) is 0 Å². The Bertz CT molecular complexity index is 917. The molecule has 1 aliphatic heterocycles. The lowest BCUT2D eigenvalue weighted by Crippen LogP contribution is -2.41. The van der Waals surface area contributed by atoms with Crippen LogP contribution in [0.15, 0.2) is 30.3 Å². The number of carbonyl (C=O) groups excluding carboxylic acids is 2. The number of methoxy groups -OCH3 is 3. The zero-order valence-corrected chi connectivity index (χ0v) is 17.6. The molecular formula is C23H27NO5. The highest BCUT2D eigenvalue weighted by Gasteiger charge is 2.34. The van der Waals surface area contributed by atoms with Crippen LogP contribution in [0.1, 0.15) is 45.1 Å². The fraction of sp³-hybridized carbons (Fsp3) is 0.391. The molecule has 0 fully saturated rings. The minimum absolute atomic E-state index is 0.0789. The third kappa shape index (κ3) is 4.21. The van der Waals surface area contributed by atoms with Crippen molar-refractivity contribution in [2.24, 2.45) is 0 Å². The molecule has 1 amide bonds. The Morgan fingerprint density at radius 2 is 1.59 bits per heavy atom. The lowest BCUT2D eigenvalue weighted by Gasteiger charge is -2.37. The van der Waals surface area contributed by atoms with Crippen LogP contribution in [0.3, 0.4) is 0 Å². The second-order valence-corrected chi connectivity index (χ2v) is 7.33. The molecule has 0 N–H and O–H groups in total. The number of aryl methyl sites for hydroxylation is 2. The first-order chi connectivity index (χ1) is 13.9. The zero-order chi connectivity index (χ0) is 21.1. The van der Waals surface area contributed by atoms with Gasteiger partial charge < -0.3 is 19.1 Å². The summed E-state index contributed by atoms with van der Waals surface area (Å²) in [6.45, 7) is 4.45. The zero-order valence-electron chi connectivity index (χ0n) is 17.6. The van der Waals surface area contributed by atoms with E-state index in [0.717, 1.165) is 22.3 Å². The van der Waals surface area contributed by atoms with Gasteiger partial charge in [-0.1, -0.05) is 17.2 Å². The number of nitrogens with zero attached hydrogens (tertiary/aromatic N) is 1. The number of hydrogen-bond donors (Lipinski definition) is 0. The van der Waals surface area contributed by atoms with Crippen molar-refractivity contribution in [3.63, 3.8) is 0 Å². The van der Waals surface area contributed by atoms with Crippen molar-refractivity contribution >= 4 is 11.9 Å². The quantitative estimate of drug-likeness (QED) is 0.721. The highest BCUT2D eigenvalue weighted by atomic mass is 16.5. The lowest BCUT2D eigenvalue weighted by molar-refractivity contribution is -0.141. The van der Waals surface area contributed by atoms with Gasteiger partial charge in [-0.15, -0.1) is 0 Å².